The summed E-state index contributed by atoms with van der Waals surface area (Å²) in [6, 6.07) is 4.55. The summed E-state index contributed by atoms with van der Waals surface area (Å²) in [7, 11) is -1.50. The van der Waals surface area contributed by atoms with Gasteiger partial charge in [0.1, 0.15) is 12.4 Å². The van der Waals surface area contributed by atoms with Crippen molar-refractivity contribution in [2.45, 2.75) is 6.10 Å². The third-order valence-electron chi connectivity index (χ3n) is 3.46. The van der Waals surface area contributed by atoms with Crippen molar-refractivity contribution in [3.05, 3.63) is 34.6 Å². The molecule has 0 aliphatic carbocycles. The average molecular weight is 333 g/mol. The molecular formula is C15H20ClFN2O3. The molecule has 2 N–H and O–H groups in total. The first-order chi connectivity index (χ1) is 11.5. The smallest absolute Gasteiger partial charge is 0.245 e. The molecule has 0 unspecified atom stereocenters. The Labute approximate surface area is 136 Å². The van der Waals surface area contributed by atoms with Crippen LogP contribution in [0, 0.1) is 11.7 Å². The first kappa shape index (κ1) is 14.4. The van der Waals surface area contributed by atoms with Gasteiger partial charge in [-0.3, -0.25) is 4.79 Å². The van der Waals surface area contributed by atoms with Gasteiger partial charge in [-0.2, -0.15) is 0 Å². The fraction of sp³-hybridized carbons (Fsp3) is 0.533. The molecule has 0 radical (unpaired) electrons. The summed E-state index contributed by atoms with van der Waals surface area (Å²) in [5, 5.41) is 5.95. The zero-order valence-electron chi connectivity index (χ0n) is 14.0. The van der Waals surface area contributed by atoms with Gasteiger partial charge in [-0.05, 0) is 17.7 Å². The van der Waals surface area contributed by atoms with Gasteiger partial charge in [0.25, 0.3) is 0 Å². The highest BCUT2D eigenvalue weighted by Gasteiger charge is 2.27. The van der Waals surface area contributed by atoms with E-state index in [0.29, 0.717) is 31.8 Å². The van der Waals surface area contributed by atoms with E-state index in [1.165, 1.54) is 12.1 Å². The van der Waals surface area contributed by atoms with Crippen LogP contribution in [-0.4, -0.2) is 45.8 Å². The Kier molecular flexibility index (Phi) is 5.51. The lowest BCUT2D eigenvalue weighted by Gasteiger charge is -2.25. The number of hydrogen-bond acceptors (Lipinski definition) is 4. The van der Waals surface area contributed by atoms with E-state index in [-0.39, 0.29) is 23.7 Å². The molecule has 1 saturated heterocycles. The Balaban J connectivity index is 2.01. The standard InChI is InChI=1S/C15H20ClFN2O3/c1-21-9-14(20)19-8-11-7-18-4-5-22-15(11)10-2-3-12(16)13(17)6-10/h2-3,6,11,15,18H,4-5,7-9H2,1H3,(H,19,20)/t11-,15-/m0/s1/i1D2. The predicted molar refractivity (Wildman–Crippen MR) is 81.3 cm³/mol. The largest absolute Gasteiger partial charge is 0.375 e. The molecule has 5 nitrogen and oxygen atoms in total. The average Bonchev–Trinajstić information content (AvgIpc) is 2.79. The zero-order valence-corrected chi connectivity index (χ0v) is 12.7. The second-order valence-corrected chi connectivity index (χ2v) is 5.45. The van der Waals surface area contributed by atoms with Crippen molar-refractivity contribution in [2.75, 3.05) is 39.9 Å². The molecule has 1 fully saturated rings. The van der Waals surface area contributed by atoms with Crippen LogP contribution in [0.2, 0.25) is 5.02 Å². The van der Waals surface area contributed by atoms with Gasteiger partial charge in [0.2, 0.25) is 5.91 Å². The lowest BCUT2D eigenvalue weighted by atomic mass is 9.95. The predicted octanol–water partition coefficient (Wildman–Crippen LogP) is 1.52. The summed E-state index contributed by atoms with van der Waals surface area (Å²) in [5.41, 5.74) is 0.661. The topological polar surface area (TPSA) is 59.6 Å². The van der Waals surface area contributed by atoms with E-state index in [4.69, 9.17) is 19.1 Å². The van der Waals surface area contributed by atoms with Gasteiger partial charge in [-0.1, -0.05) is 17.7 Å². The molecule has 1 amide bonds. The molecule has 122 valence electrons. The monoisotopic (exact) mass is 332 g/mol. The molecule has 1 aliphatic rings. The number of carbonyl (C=O) groups excluding carboxylic acids is 1. The van der Waals surface area contributed by atoms with Crippen LogP contribution < -0.4 is 10.6 Å². The van der Waals surface area contributed by atoms with Crippen LogP contribution in [0.1, 0.15) is 14.4 Å². The highest BCUT2D eigenvalue weighted by Crippen LogP contribution is 2.29. The number of methoxy groups -OCH3 is 1. The second kappa shape index (κ2) is 8.43. The van der Waals surface area contributed by atoms with E-state index >= 15 is 0 Å². The van der Waals surface area contributed by atoms with Crippen LogP contribution in [0.5, 0.6) is 0 Å². The fourth-order valence-corrected chi connectivity index (χ4v) is 2.51. The molecule has 7 heteroatoms. The zero-order chi connectivity index (χ0) is 17.5. The highest BCUT2D eigenvalue weighted by molar-refractivity contribution is 6.30. The molecule has 1 aromatic rings. The van der Waals surface area contributed by atoms with Crippen LogP contribution in [-0.2, 0) is 14.3 Å². The Hall–Kier alpha value is -1.21. The van der Waals surface area contributed by atoms with Crippen LogP contribution >= 0.6 is 11.6 Å². The van der Waals surface area contributed by atoms with Gasteiger partial charge < -0.3 is 20.1 Å². The molecular weight excluding hydrogens is 311 g/mol. The van der Waals surface area contributed by atoms with E-state index in [1.54, 1.807) is 6.07 Å². The number of ether oxygens (including phenoxy) is 2. The van der Waals surface area contributed by atoms with Gasteiger partial charge in [0, 0.05) is 32.6 Å². The van der Waals surface area contributed by atoms with Crippen LogP contribution in [0.15, 0.2) is 18.2 Å². The van der Waals surface area contributed by atoms with Gasteiger partial charge in [0.05, 0.1) is 20.5 Å². The highest BCUT2D eigenvalue weighted by atomic mass is 35.5. The minimum atomic E-state index is -1.50. The maximum Gasteiger partial charge on any atom is 0.245 e. The maximum absolute atomic E-state index is 13.7. The molecule has 22 heavy (non-hydrogen) atoms. The maximum atomic E-state index is 13.7. The summed E-state index contributed by atoms with van der Waals surface area (Å²) in [4.78, 5) is 11.7. The molecule has 0 spiro atoms. The number of halogens is 2. The Morgan fingerprint density at radius 1 is 1.68 bits per heavy atom. The van der Waals surface area contributed by atoms with Crippen molar-refractivity contribution >= 4 is 17.5 Å². The van der Waals surface area contributed by atoms with Crippen LogP contribution in [0.3, 0.4) is 0 Å². The summed E-state index contributed by atoms with van der Waals surface area (Å²) in [6.07, 6.45) is -0.381. The first-order valence-corrected chi connectivity index (χ1v) is 7.35. The normalized spacial score (nSPS) is 23.6. The molecule has 0 saturated carbocycles. The van der Waals surface area contributed by atoms with E-state index in [1.807, 2.05) is 0 Å². The summed E-state index contributed by atoms with van der Waals surface area (Å²) in [5.74, 6) is -1.03. The summed E-state index contributed by atoms with van der Waals surface area (Å²) in [6.45, 7) is 1.68. The molecule has 0 bridgehead atoms. The van der Waals surface area contributed by atoms with Gasteiger partial charge in [-0.25, -0.2) is 4.39 Å². The molecule has 1 heterocycles. The molecule has 2 atom stereocenters. The lowest BCUT2D eigenvalue weighted by Crippen LogP contribution is -2.37. The van der Waals surface area contributed by atoms with Crippen molar-refractivity contribution in [2.24, 2.45) is 5.92 Å². The molecule has 0 aromatic heterocycles. The summed E-state index contributed by atoms with van der Waals surface area (Å²) >= 11 is 5.72. The Bertz CT molecular complexity index is 566. The van der Waals surface area contributed by atoms with Gasteiger partial charge >= 0.3 is 0 Å². The van der Waals surface area contributed by atoms with Gasteiger partial charge in [-0.15, -0.1) is 0 Å². The Morgan fingerprint density at radius 3 is 3.32 bits per heavy atom. The molecule has 1 aliphatic heterocycles. The minimum absolute atomic E-state index is 0.0489. The SMILES string of the molecule is [2H]C([2H])OCC(=O)NC[C@@H]1CNCCO[C@H]1c1ccc(Cl)c(F)c1. The fourth-order valence-electron chi connectivity index (χ4n) is 2.40. The van der Waals surface area contributed by atoms with Crippen LogP contribution in [0.25, 0.3) is 0 Å². The lowest BCUT2D eigenvalue weighted by molar-refractivity contribution is -0.125. The Morgan fingerprint density at radius 2 is 2.55 bits per heavy atom. The van der Waals surface area contributed by atoms with Gasteiger partial charge in [0.15, 0.2) is 0 Å². The van der Waals surface area contributed by atoms with E-state index in [2.05, 4.69) is 15.4 Å². The number of rotatable bonds is 5. The third kappa shape index (κ3) is 4.64. The number of hydrogen-bond donors (Lipinski definition) is 2. The second-order valence-electron chi connectivity index (χ2n) is 5.04. The molecule has 2 rings (SSSR count). The number of amides is 1. The first-order valence-electron chi connectivity index (χ1n) is 8.13. The van der Waals surface area contributed by atoms with E-state index < -0.39 is 18.8 Å². The third-order valence-corrected chi connectivity index (χ3v) is 3.77. The number of carbonyl (C=O) groups is 1. The minimum Gasteiger partial charge on any atom is -0.375 e. The van der Waals surface area contributed by atoms with E-state index in [9.17, 15) is 9.18 Å². The quantitative estimate of drug-likeness (QED) is 0.858. The van der Waals surface area contributed by atoms with Crippen molar-refractivity contribution < 1.29 is 21.4 Å². The van der Waals surface area contributed by atoms with Crippen LogP contribution in [0.4, 0.5) is 4.39 Å². The number of benzene rings is 1. The summed E-state index contributed by atoms with van der Waals surface area (Å²) < 4.78 is 38.0. The van der Waals surface area contributed by atoms with Crippen molar-refractivity contribution in [1.82, 2.24) is 10.6 Å². The number of nitrogens with one attached hydrogen (secondary N) is 2. The molecule has 1 aromatic carbocycles. The van der Waals surface area contributed by atoms with E-state index in [0.717, 1.165) is 0 Å². The van der Waals surface area contributed by atoms with Crippen molar-refractivity contribution in [3.63, 3.8) is 0 Å². The van der Waals surface area contributed by atoms with Crippen molar-refractivity contribution in [3.8, 4) is 0 Å². The van der Waals surface area contributed by atoms with Crippen molar-refractivity contribution in [1.29, 1.82) is 0 Å².